The molecule has 0 fully saturated rings. The summed E-state index contributed by atoms with van der Waals surface area (Å²) < 4.78 is 1.83. The van der Waals surface area contributed by atoms with Gasteiger partial charge in [-0.05, 0) is 19.3 Å². The van der Waals surface area contributed by atoms with Gasteiger partial charge in [-0.25, -0.2) is 9.97 Å². The Kier molecular flexibility index (Phi) is 5.93. The van der Waals surface area contributed by atoms with Crippen molar-refractivity contribution in [2.45, 2.75) is 39.7 Å². The van der Waals surface area contributed by atoms with Gasteiger partial charge in [0.25, 0.3) is 0 Å². The fourth-order valence-corrected chi connectivity index (χ4v) is 2.10. The van der Waals surface area contributed by atoms with Crippen LogP contribution in [0, 0.1) is 0 Å². The molecule has 7 heteroatoms. The first-order valence-electron chi connectivity index (χ1n) is 7.50. The number of hydrogen-bond acceptors (Lipinski definition) is 6. The number of rotatable bonds is 9. The third-order valence-corrected chi connectivity index (χ3v) is 3.17. The molecule has 0 aliphatic rings. The average Bonchev–Trinajstić information content (AvgIpc) is 3.02. The van der Waals surface area contributed by atoms with Crippen molar-refractivity contribution in [2.75, 3.05) is 23.7 Å². The smallest absolute Gasteiger partial charge is 0.134 e. The summed E-state index contributed by atoms with van der Waals surface area (Å²) in [6, 6.07) is 0. The molecule has 2 aromatic rings. The topological polar surface area (TPSA) is 80.5 Å². The summed E-state index contributed by atoms with van der Waals surface area (Å²) in [4.78, 5) is 8.69. The monoisotopic (exact) mass is 289 g/mol. The molecule has 2 heterocycles. The van der Waals surface area contributed by atoms with Crippen LogP contribution in [0.15, 0.2) is 18.7 Å². The molecular formula is C14H23N7. The second-order valence-corrected chi connectivity index (χ2v) is 4.78. The van der Waals surface area contributed by atoms with E-state index in [0.29, 0.717) is 0 Å². The summed E-state index contributed by atoms with van der Waals surface area (Å²) in [6.07, 6.45) is 8.12. The van der Waals surface area contributed by atoms with Crippen molar-refractivity contribution in [1.29, 1.82) is 0 Å². The van der Waals surface area contributed by atoms with E-state index in [1.807, 2.05) is 10.9 Å². The van der Waals surface area contributed by atoms with Gasteiger partial charge in [-0.3, -0.25) is 4.68 Å². The highest BCUT2D eigenvalue weighted by molar-refractivity contribution is 5.57. The van der Waals surface area contributed by atoms with Crippen molar-refractivity contribution < 1.29 is 0 Å². The SMILES string of the molecule is CCCNc1ncnc(NCCCn2ccnn2)c1CC. The van der Waals surface area contributed by atoms with Crippen LogP contribution in [0.2, 0.25) is 0 Å². The first-order valence-corrected chi connectivity index (χ1v) is 7.50. The lowest BCUT2D eigenvalue weighted by Crippen LogP contribution is -2.12. The van der Waals surface area contributed by atoms with E-state index in [1.165, 1.54) is 0 Å². The summed E-state index contributed by atoms with van der Waals surface area (Å²) in [7, 11) is 0. The van der Waals surface area contributed by atoms with Gasteiger partial charge in [0.15, 0.2) is 0 Å². The van der Waals surface area contributed by atoms with Gasteiger partial charge in [0.05, 0.1) is 6.20 Å². The molecular weight excluding hydrogens is 266 g/mol. The number of aryl methyl sites for hydroxylation is 1. The third kappa shape index (κ3) is 4.40. The van der Waals surface area contributed by atoms with E-state index in [1.54, 1.807) is 12.5 Å². The maximum Gasteiger partial charge on any atom is 0.134 e. The van der Waals surface area contributed by atoms with E-state index in [9.17, 15) is 0 Å². The van der Waals surface area contributed by atoms with Crippen LogP contribution in [0.4, 0.5) is 11.6 Å². The minimum Gasteiger partial charge on any atom is -0.370 e. The van der Waals surface area contributed by atoms with Gasteiger partial charge < -0.3 is 10.6 Å². The van der Waals surface area contributed by atoms with Crippen molar-refractivity contribution in [3.05, 3.63) is 24.3 Å². The Balaban J connectivity index is 1.89. The first kappa shape index (κ1) is 15.2. The van der Waals surface area contributed by atoms with Crippen molar-refractivity contribution in [3.63, 3.8) is 0 Å². The molecule has 0 bridgehead atoms. The molecule has 0 unspecified atom stereocenters. The first-order chi connectivity index (χ1) is 10.3. The zero-order valence-corrected chi connectivity index (χ0v) is 12.7. The molecule has 0 aliphatic carbocycles. The maximum atomic E-state index is 4.36. The lowest BCUT2D eigenvalue weighted by molar-refractivity contribution is 0.569. The van der Waals surface area contributed by atoms with Crippen molar-refractivity contribution in [1.82, 2.24) is 25.0 Å². The van der Waals surface area contributed by atoms with E-state index in [-0.39, 0.29) is 0 Å². The predicted octanol–water partition coefficient (Wildman–Crippen LogP) is 1.95. The Hall–Kier alpha value is -2.18. The standard InChI is InChI=1S/C14H23N7/c1-3-6-15-13-12(4-2)14(18-11-17-13)16-7-5-9-21-10-8-19-20-21/h8,10-11H,3-7,9H2,1-2H3,(H2,15,16,17,18). The number of aromatic nitrogens is 5. The van der Waals surface area contributed by atoms with Crippen LogP contribution in [0.25, 0.3) is 0 Å². The van der Waals surface area contributed by atoms with Crippen molar-refractivity contribution in [3.8, 4) is 0 Å². The Labute approximate surface area is 125 Å². The zero-order valence-electron chi connectivity index (χ0n) is 12.7. The number of anilines is 2. The fraction of sp³-hybridized carbons (Fsp3) is 0.571. The minimum atomic E-state index is 0.844. The predicted molar refractivity (Wildman–Crippen MR) is 83.3 cm³/mol. The van der Waals surface area contributed by atoms with Crippen LogP contribution in [-0.2, 0) is 13.0 Å². The second kappa shape index (κ2) is 8.18. The Bertz CT molecular complexity index is 524. The number of hydrogen-bond donors (Lipinski definition) is 2. The van der Waals surface area contributed by atoms with Gasteiger partial charge in [-0.1, -0.05) is 19.1 Å². The Morgan fingerprint density at radius 1 is 1.10 bits per heavy atom. The molecule has 0 atom stereocenters. The van der Waals surface area contributed by atoms with Crippen LogP contribution < -0.4 is 10.6 Å². The highest BCUT2D eigenvalue weighted by atomic mass is 15.4. The summed E-state index contributed by atoms with van der Waals surface area (Å²) in [5.41, 5.74) is 1.15. The van der Waals surface area contributed by atoms with E-state index in [2.05, 4.69) is 44.8 Å². The summed E-state index contributed by atoms with van der Waals surface area (Å²) in [6.45, 7) is 6.88. The molecule has 0 saturated heterocycles. The summed E-state index contributed by atoms with van der Waals surface area (Å²) >= 11 is 0. The van der Waals surface area contributed by atoms with Crippen LogP contribution in [-0.4, -0.2) is 38.1 Å². The quantitative estimate of drug-likeness (QED) is 0.687. The molecule has 2 rings (SSSR count). The molecule has 2 aromatic heterocycles. The molecule has 0 radical (unpaired) electrons. The van der Waals surface area contributed by atoms with Crippen LogP contribution in [0.5, 0.6) is 0 Å². The molecule has 21 heavy (non-hydrogen) atoms. The van der Waals surface area contributed by atoms with Crippen molar-refractivity contribution >= 4 is 11.6 Å². The van der Waals surface area contributed by atoms with Crippen LogP contribution in [0.3, 0.4) is 0 Å². The average molecular weight is 289 g/mol. The largest absolute Gasteiger partial charge is 0.370 e. The van der Waals surface area contributed by atoms with Gasteiger partial charge in [0.2, 0.25) is 0 Å². The van der Waals surface area contributed by atoms with Gasteiger partial charge in [-0.15, -0.1) is 5.10 Å². The van der Waals surface area contributed by atoms with Crippen LogP contribution in [0.1, 0.15) is 32.3 Å². The highest BCUT2D eigenvalue weighted by Gasteiger charge is 2.08. The molecule has 0 aliphatic heterocycles. The molecule has 0 aromatic carbocycles. The normalized spacial score (nSPS) is 10.6. The third-order valence-electron chi connectivity index (χ3n) is 3.17. The van der Waals surface area contributed by atoms with E-state index in [0.717, 1.165) is 56.1 Å². The second-order valence-electron chi connectivity index (χ2n) is 4.78. The molecule has 114 valence electrons. The Morgan fingerprint density at radius 2 is 1.86 bits per heavy atom. The van der Waals surface area contributed by atoms with Crippen molar-refractivity contribution in [2.24, 2.45) is 0 Å². The molecule has 0 saturated carbocycles. The molecule has 0 spiro atoms. The number of nitrogens with zero attached hydrogens (tertiary/aromatic N) is 5. The maximum absolute atomic E-state index is 4.36. The minimum absolute atomic E-state index is 0.844. The van der Waals surface area contributed by atoms with Gasteiger partial charge in [0, 0.05) is 31.4 Å². The zero-order chi connectivity index (χ0) is 14.9. The van der Waals surface area contributed by atoms with Gasteiger partial charge in [-0.2, -0.15) is 0 Å². The molecule has 7 nitrogen and oxygen atoms in total. The summed E-state index contributed by atoms with van der Waals surface area (Å²) in [5, 5.41) is 14.5. The summed E-state index contributed by atoms with van der Waals surface area (Å²) in [5.74, 6) is 1.86. The van der Waals surface area contributed by atoms with E-state index >= 15 is 0 Å². The fourth-order valence-electron chi connectivity index (χ4n) is 2.10. The Morgan fingerprint density at radius 3 is 2.48 bits per heavy atom. The van der Waals surface area contributed by atoms with Crippen LogP contribution >= 0.6 is 0 Å². The molecule has 2 N–H and O–H groups in total. The van der Waals surface area contributed by atoms with Gasteiger partial charge in [0.1, 0.15) is 18.0 Å². The molecule has 0 amide bonds. The van der Waals surface area contributed by atoms with E-state index in [4.69, 9.17) is 0 Å². The van der Waals surface area contributed by atoms with Gasteiger partial charge >= 0.3 is 0 Å². The lowest BCUT2D eigenvalue weighted by atomic mass is 10.2. The lowest BCUT2D eigenvalue weighted by Gasteiger charge is -2.14. The van der Waals surface area contributed by atoms with E-state index < -0.39 is 0 Å². The number of nitrogens with one attached hydrogen (secondary N) is 2. The highest BCUT2D eigenvalue weighted by Crippen LogP contribution is 2.20.